The summed E-state index contributed by atoms with van der Waals surface area (Å²) in [6.45, 7) is 1.58. The van der Waals surface area contributed by atoms with Crippen LogP contribution < -0.4 is 17.2 Å². The Bertz CT molecular complexity index is 2310. The zero-order chi connectivity index (χ0) is 59.0. The lowest BCUT2D eigenvalue weighted by Gasteiger charge is -2.23. The number of nitrogens with two attached hydrogens (primary N) is 2. The fourth-order valence-corrected chi connectivity index (χ4v) is 10.8. The van der Waals surface area contributed by atoms with E-state index in [4.69, 9.17) is 39.8 Å². The van der Waals surface area contributed by atoms with Crippen molar-refractivity contribution < 1.29 is 81.3 Å². The van der Waals surface area contributed by atoms with Crippen LogP contribution in [0.1, 0.15) is 148 Å². The number of phosphoric ester groups is 2. The molecule has 0 radical (unpaired) electrons. The van der Waals surface area contributed by atoms with Crippen molar-refractivity contribution in [2.24, 2.45) is 5.73 Å². The molecule has 1 aliphatic rings. The van der Waals surface area contributed by atoms with Gasteiger partial charge in [0, 0.05) is 30.0 Å². The van der Waals surface area contributed by atoms with E-state index in [1.165, 1.54) is 51.0 Å². The molecule has 1 fully saturated rings. The average Bonchev–Trinajstić information content (AvgIpc) is 3.81. The average molecular weight is 1190 g/mol. The van der Waals surface area contributed by atoms with Crippen molar-refractivity contribution in [3.63, 3.8) is 0 Å². The van der Waals surface area contributed by atoms with Crippen molar-refractivity contribution >= 4 is 51.1 Å². The molecule has 25 heteroatoms. The Morgan fingerprint density at radius 2 is 1.36 bits per heavy atom. The summed E-state index contributed by atoms with van der Waals surface area (Å²) in [6, 6.07) is -0.179. The molecular formula is C55H88N4O18P2S. The number of aliphatic carboxylic acids is 1. The van der Waals surface area contributed by atoms with Gasteiger partial charge in [0.2, 0.25) is 0 Å². The highest BCUT2D eigenvalue weighted by molar-refractivity contribution is 8.00. The first-order valence-electron chi connectivity index (χ1n) is 27.5. The number of allylic oxidation sites excluding steroid dienone is 13. The zero-order valence-electron chi connectivity index (χ0n) is 46.3. The third kappa shape index (κ3) is 33.6. The lowest BCUT2D eigenvalue weighted by Crippen LogP contribution is -2.40. The first kappa shape index (κ1) is 71.8. The molecule has 1 saturated heterocycles. The van der Waals surface area contributed by atoms with Gasteiger partial charge in [-0.3, -0.25) is 28.0 Å². The number of carbonyl (C=O) groups is 3. The lowest BCUT2D eigenvalue weighted by molar-refractivity contribution is -0.161. The highest BCUT2D eigenvalue weighted by atomic mass is 32.2. The molecule has 2 unspecified atom stereocenters. The maximum Gasteiger partial charge on any atom is 0.481 e. The van der Waals surface area contributed by atoms with Gasteiger partial charge in [0.1, 0.15) is 36.8 Å². The standard InChI is InChI=1S/C55H88N4O18P2S/c1-3-5-7-9-11-13-15-17-18-19-20-21-23-25-27-29-31-36-50(63)72-39-43(40-73-78(68,69)77-79(70,71)74-41-46-51(64)52(65)53(76-46)59-38-37-48(57)58-55(59)67)75-54(66)44(56)42-80-47(45(60)33-32-35-49(61)62)34-30-28-26-24-22-16-14-12-10-8-6-4-2/h12,14,17-18,20-22,24-28,30,34,37-38,43-47,51-53,60,64-65H,3-11,13,15-16,19,23,29,31-33,35-36,39-42,56H2,1-2H3,(H,61,62)(H,68,69)(H,70,71)(H2,57,58,67)/b14-12-,18-17-,21-20-,24-22-,27-25-,28-26+,34-30+/t43-,44+,45+,46-,47-,51-,52-,53-/m1/s1. The summed E-state index contributed by atoms with van der Waals surface area (Å²) < 4.78 is 57.0. The van der Waals surface area contributed by atoms with Gasteiger partial charge in [-0.2, -0.15) is 9.29 Å². The van der Waals surface area contributed by atoms with Crippen LogP contribution in [0.2, 0.25) is 0 Å². The molecule has 22 nitrogen and oxygen atoms in total. The number of esters is 2. The number of carboxylic acid groups (broad SMARTS) is 1. The number of carbonyl (C=O) groups excluding carboxylic acids is 2. The van der Waals surface area contributed by atoms with Crippen molar-refractivity contribution in [3.05, 3.63) is 108 Å². The third-order valence-corrected chi connectivity index (χ3v) is 16.0. The fourth-order valence-electron chi connectivity index (χ4n) is 7.52. The summed E-state index contributed by atoms with van der Waals surface area (Å²) in [7, 11) is -11.2. The number of unbranched alkanes of at least 4 members (excludes halogenated alkanes) is 10. The highest BCUT2D eigenvalue weighted by Gasteiger charge is 2.46. The van der Waals surface area contributed by atoms with Crippen LogP contribution in [0.3, 0.4) is 0 Å². The van der Waals surface area contributed by atoms with Crippen LogP contribution in [-0.2, 0) is 51.1 Å². The Balaban J connectivity index is 2.08. The van der Waals surface area contributed by atoms with E-state index >= 15 is 0 Å². The second-order valence-electron chi connectivity index (χ2n) is 18.9. The number of aliphatic hydroxyl groups is 3. The Kier molecular flexibility index (Phi) is 38.1. The number of hydrogen-bond donors (Lipinski definition) is 8. The zero-order valence-corrected chi connectivity index (χ0v) is 48.9. The lowest BCUT2D eigenvalue weighted by atomic mass is 10.1. The molecule has 10 N–H and O–H groups in total. The number of hydrogen-bond acceptors (Lipinski definition) is 19. The first-order valence-corrected chi connectivity index (χ1v) is 31.6. The van der Waals surface area contributed by atoms with Crippen LogP contribution in [0.25, 0.3) is 0 Å². The van der Waals surface area contributed by atoms with E-state index in [2.05, 4.69) is 59.6 Å². The maximum atomic E-state index is 13.4. The molecule has 1 aromatic rings. The predicted molar refractivity (Wildman–Crippen MR) is 308 cm³/mol. The van der Waals surface area contributed by atoms with Crippen LogP contribution >= 0.6 is 27.4 Å². The molecule has 0 saturated carbocycles. The number of carboxylic acids is 1. The molecule has 80 heavy (non-hydrogen) atoms. The molecule has 0 aliphatic carbocycles. The van der Waals surface area contributed by atoms with Crippen LogP contribution in [0, 0.1) is 0 Å². The maximum absolute atomic E-state index is 13.4. The first-order chi connectivity index (χ1) is 38.3. The fraction of sp³-hybridized carbons (Fsp3) is 0.618. The number of thioether (sulfide) groups is 1. The Morgan fingerprint density at radius 1 is 0.775 bits per heavy atom. The monoisotopic (exact) mass is 1190 g/mol. The predicted octanol–water partition coefficient (Wildman–Crippen LogP) is 8.76. The van der Waals surface area contributed by atoms with Crippen LogP contribution in [0.5, 0.6) is 0 Å². The second kappa shape index (κ2) is 42.5. The number of ether oxygens (including phenoxy) is 3. The van der Waals surface area contributed by atoms with Gasteiger partial charge >= 0.3 is 39.2 Å². The summed E-state index contributed by atoms with van der Waals surface area (Å²) in [5, 5.41) is 40.5. The molecule has 0 spiro atoms. The quantitative estimate of drug-likeness (QED) is 0.00994. The number of aromatic nitrogens is 2. The van der Waals surface area contributed by atoms with Crippen LogP contribution in [-0.4, -0.2) is 125 Å². The summed E-state index contributed by atoms with van der Waals surface area (Å²) >= 11 is 1.08. The molecule has 452 valence electrons. The molecule has 0 amide bonds. The van der Waals surface area contributed by atoms with E-state index in [1.54, 1.807) is 24.3 Å². The van der Waals surface area contributed by atoms with E-state index in [0.29, 0.717) is 19.3 Å². The van der Waals surface area contributed by atoms with Crippen molar-refractivity contribution in [2.45, 2.75) is 190 Å². The molecule has 2 rings (SSSR count). The molecular weight excluding hydrogens is 1100 g/mol. The smallest absolute Gasteiger partial charge is 0.481 e. The van der Waals surface area contributed by atoms with Gasteiger partial charge in [0.05, 0.1) is 19.3 Å². The van der Waals surface area contributed by atoms with Crippen molar-refractivity contribution in [3.8, 4) is 0 Å². The Morgan fingerprint density at radius 3 is 2.02 bits per heavy atom. The van der Waals surface area contributed by atoms with Crippen molar-refractivity contribution in [1.82, 2.24) is 9.55 Å². The number of rotatable bonds is 45. The number of aliphatic hydroxyl groups excluding tert-OH is 3. The molecule has 1 aromatic heterocycles. The highest BCUT2D eigenvalue weighted by Crippen LogP contribution is 2.60. The van der Waals surface area contributed by atoms with E-state index in [0.717, 1.165) is 61.1 Å². The van der Waals surface area contributed by atoms with Gasteiger partial charge in [0.25, 0.3) is 0 Å². The third-order valence-electron chi connectivity index (χ3n) is 12.0. The van der Waals surface area contributed by atoms with Gasteiger partial charge in [-0.1, -0.05) is 144 Å². The van der Waals surface area contributed by atoms with Gasteiger partial charge in [-0.05, 0) is 76.7 Å². The van der Waals surface area contributed by atoms with E-state index < -0.39 is 107 Å². The van der Waals surface area contributed by atoms with Gasteiger partial charge in [-0.25, -0.2) is 13.9 Å². The molecule has 1 aliphatic heterocycles. The van der Waals surface area contributed by atoms with Crippen molar-refractivity contribution in [1.29, 1.82) is 0 Å². The minimum atomic E-state index is -5.60. The van der Waals surface area contributed by atoms with Gasteiger partial charge in [0.15, 0.2) is 12.3 Å². The number of nitrogen functional groups attached to an aromatic ring is 1. The van der Waals surface area contributed by atoms with Crippen LogP contribution in [0.4, 0.5) is 5.82 Å². The molecule has 2 heterocycles. The van der Waals surface area contributed by atoms with Crippen LogP contribution in [0.15, 0.2) is 102 Å². The second-order valence-corrected chi connectivity index (χ2v) is 23.2. The van der Waals surface area contributed by atoms with E-state index in [-0.39, 0.29) is 37.3 Å². The minimum absolute atomic E-state index is 0.0512. The molecule has 0 bridgehead atoms. The molecule has 10 atom stereocenters. The number of nitrogens with zero attached hydrogens (tertiary/aromatic N) is 2. The van der Waals surface area contributed by atoms with Gasteiger partial charge in [-0.15, -0.1) is 11.8 Å². The Hall–Kier alpha value is -4.32. The summed E-state index contributed by atoms with van der Waals surface area (Å²) in [4.78, 5) is 74.1. The van der Waals surface area contributed by atoms with Crippen molar-refractivity contribution in [2.75, 3.05) is 31.3 Å². The summed E-state index contributed by atoms with van der Waals surface area (Å²) in [5.41, 5.74) is 10.8. The number of phosphoric acid groups is 2. The van der Waals surface area contributed by atoms with E-state index in [1.807, 2.05) is 24.3 Å². The number of anilines is 1. The minimum Gasteiger partial charge on any atom is -0.481 e. The topological polar surface area (TPSA) is 349 Å². The largest absolute Gasteiger partial charge is 0.481 e. The molecule has 0 aromatic carbocycles. The Labute approximate surface area is 475 Å². The normalized spacial score (nSPS) is 20.1. The summed E-state index contributed by atoms with van der Waals surface area (Å²) in [5.74, 6) is -3.11. The SMILES string of the molecule is CCCCC/C=C\C\C=C/C=C/C=C/[C@@H](SC[C@H](N)C(=O)O[C@H](COC(=O)CCC/C=C\C/C=C\C/C=C\CCCCCCCC)COP(=O)(O)OP(=O)(O)OC[C@H]1O[C@@H](n2ccc(N)nc2=O)[C@H](O)[C@@H]1O)[C@@H](O)CCCC(=O)O. The van der Waals surface area contributed by atoms with Gasteiger partial charge < -0.3 is 55.9 Å². The van der Waals surface area contributed by atoms with E-state index in [9.17, 15) is 53.4 Å². The summed E-state index contributed by atoms with van der Waals surface area (Å²) in [6.07, 6.45) is 35.8.